The molecule has 1 aliphatic rings. The van der Waals surface area contributed by atoms with Crippen LogP contribution in [-0.4, -0.2) is 59.4 Å². The van der Waals surface area contributed by atoms with Crippen LogP contribution in [-0.2, 0) is 0 Å². The lowest BCUT2D eigenvalue weighted by Crippen LogP contribution is -2.47. The smallest absolute Gasteiger partial charge is 0.364 e. The molecule has 3 aromatic heterocycles. The molecule has 1 unspecified atom stereocenters. The van der Waals surface area contributed by atoms with Crippen molar-refractivity contribution in [3.63, 3.8) is 0 Å². The molecule has 1 N–H and O–H groups in total. The summed E-state index contributed by atoms with van der Waals surface area (Å²) in [5, 5.41) is 3.43. The van der Waals surface area contributed by atoms with Crippen LogP contribution in [0.2, 0.25) is 0 Å². The van der Waals surface area contributed by atoms with Gasteiger partial charge in [-0.2, -0.15) is 4.73 Å². The van der Waals surface area contributed by atoms with Gasteiger partial charge in [-0.15, -0.1) is 0 Å². The van der Waals surface area contributed by atoms with Crippen molar-refractivity contribution in [3.05, 3.63) is 73.6 Å². The van der Waals surface area contributed by atoms with Gasteiger partial charge in [-0.05, 0) is 37.1 Å². The monoisotopic (exact) mass is 454 g/mol. The number of hydrogen-bond acceptors (Lipinski definition) is 7. The third-order valence-corrected chi connectivity index (χ3v) is 5.95. The zero-order valence-corrected chi connectivity index (χ0v) is 18.3. The SMILES string of the molecule is O=C(On1cnc2ccccc21)N1CCCC(Nc2cncc(-n3cnc4ccccc43)n2)C1. The van der Waals surface area contributed by atoms with Crippen LogP contribution in [0.4, 0.5) is 10.6 Å². The number of nitrogens with one attached hydrogen (secondary N) is 1. The molecule has 0 aliphatic carbocycles. The highest BCUT2D eigenvalue weighted by molar-refractivity contribution is 5.77. The van der Waals surface area contributed by atoms with Crippen LogP contribution in [0.25, 0.3) is 27.9 Å². The summed E-state index contributed by atoms with van der Waals surface area (Å²) in [6.07, 6.45) is 8.03. The van der Waals surface area contributed by atoms with Crippen LogP contribution in [0.1, 0.15) is 12.8 Å². The number of aromatic nitrogens is 6. The first kappa shape index (κ1) is 20.2. The molecule has 4 heterocycles. The Bertz CT molecular complexity index is 1480. The molecule has 0 spiro atoms. The predicted molar refractivity (Wildman–Crippen MR) is 127 cm³/mol. The maximum atomic E-state index is 12.8. The zero-order valence-electron chi connectivity index (χ0n) is 18.3. The van der Waals surface area contributed by atoms with Gasteiger partial charge in [0.15, 0.2) is 5.82 Å². The van der Waals surface area contributed by atoms with E-state index in [4.69, 9.17) is 9.82 Å². The Morgan fingerprint density at radius 1 is 0.971 bits per heavy atom. The minimum Gasteiger partial charge on any atom is -0.364 e. The topological polar surface area (TPSA) is 103 Å². The van der Waals surface area contributed by atoms with Crippen LogP contribution in [0.15, 0.2) is 73.6 Å². The summed E-state index contributed by atoms with van der Waals surface area (Å²) in [7, 11) is 0. The number of para-hydroxylation sites is 4. The highest BCUT2D eigenvalue weighted by Gasteiger charge is 2.26. The maximum absolute atomic E-state index is 12.8. The number of amides is 1. The van der Waals surface area contributed by atoms with E-state index in [9.17, 15) is 4.79 Å². The van der Waals surface area contributed by atoms with Crippen molar-refractivity contribution in [1.29, 1.82) is 0 Å². The molecular formula is C24H22N8O2. The van der Waals surface area contributed by atoms with Gasteiger partial charge in [0.2, 0.25) is 0 Å². The predicted octanol–water partition coefficient (Wildman–Crippen LogP) is 3.29. The molecule has 1 saturated heterocycles. The van der Waals surface area contributed by atoms with E-state index in [0.29, 0.717) is 24.7 Å². The molecule has 34 heavy (non-hydrogen) atoms. The van der Waals surface area contributed by atoms with Crippen molar-refractivity contribution in [2.75, 3.05) is 18.4 Å². The lowest BCUT2D eigenvalue weighted by molar-refractivity contribution is 0.0876. The molecular weight excluding hydrogens is 432 g/mol. The zero-order chi connectivity index (χ0) is 22.9. The van der Waals surface area contributed by atoms with Crippen LogP contribution < -0.4 is 10.2 Å². The number of carbonyl (C=O) groups excluding carboxylic acids is 1. The van der Waals surface area contributed by atoms with Gasteiger partial charge in [0.05, 0.1) is 28.9 Å². The van der Waals surface area contributed by atoms with Gasteiger partial charge in [-0.3, -0.25) is 9.55 Å². The third-order valence-electron chi connectivity index (χ3n) is 5.95. The Labute approximate surface area is 194 Å². The standard InChI is InChI=1S/C24H22N8O2/c33-24(34-32-16-27-19-8-2-4-10-21(19)32)30-11-5-6-17(14-30)28-22-12-25-13-23(29-22)31-15-26-18-7-1-3-9-20(18)31/h1-4,7-10,12-13,15-17H,5-6,11,14H2,(H,28,29). The average Bonchev–Trinajstić information content (AvgIpc) is 3.49. The van der Waals surface area contributed by atoms with Gasteiger partial charge < -0.3 is 15.1 Å². The number of imidazole rings is 2. The Kier molecular flexibility index (Phi) is 5.02. The van der Waals surface area contributed by atoms with Crippen LogP contribution in [0, 0.1) is 0 Å². The lowest BCUT2D eigenvalue weighted by atomic mass is 10.1. The number of likely N-dealkylation sites (tertiary alicyclic amines) is 1. The average molecular weight is 454 g/mol. The highest BCUT2D eigenvalue weighted by atomic mass is 16.7. The number of carbonyl (C=O) groups is 1. The normalized spacial score (nSPS) is 16.1. The molecule has 2 aromatic carbocycles. The van der Waals surface area contributed by atoms with Gasteiger partial charge in [0, 0.05) is 19.1 Å². The molecule has 6 rings (SSSR count). The Hall–Kier alpha value is -4.47. The fraction of sp³-hybridized carbons (Fsp3) is 0.208. The molecule has 0 radical (unpaired) electrons. The maximum Gasteiger partial charge on any atom is 0.434 e. The summed E-state index contributed by atoms with van der Waals surface area (Å²) in [5.41, 5.74) is 3.39. The fourth-order valence-electron chi connectivity index (χ4n) is 4.30. The second-order valence-corrected chi connectivity index (χ2v) is 8.21. The number of nitrogens with zero attached hydrogens (tertiary/aromatic N) is 7. The second-order valence-electron chi connectivity index (χ2n) is 8.21. The molecule has 1 atom stereocenters. The number of rotatable bonds is 4. The minimum atomic E-state index is -0.403. The fourth-order valence-corrected chi connectivity index (χ4v) is 4.30. The van der Waals surface area contributed by atoms with Gasteiger partial charge in [-0.1, -0.05) is 24.3 Å². The summed E-state index contributed by atoms with van der Waals surface area (Å²) in [6, 6.07) is 15.4. The summed E-state index contributed by atoms with van der Waals surface area (Å²) < 4.78 is 3.33. The van der Waals surface area contributed by atoms with Gasteiger partial charge in [0.25, 0.3) is 0 Å². The first-order valence-corrected chi connectivity index (χ1v) is 11.1. The Morgan fingerprint density at radius 3 is 2.62 bits per heavy atom. The molecule has 1 aliphatic heterocycles. The summed E-state index contributed by atoms with van der Waals surface area (Å²) in [5.74, 6) is 1.33. The molecule has 0 bridgehead atoms. The quantitative estimate of drug-likeness (QED) is 0.444. The number of piperidine rings is 1. The lowest BCUT2D eigenvalue weighted by Gasteiger charge is -2.32. The van der Waals surface area contributed by atoms with E-state index in [-0.39, 0.29) is 6.04 Å². The van der Waals surface area contributed by atoms with E-state index in [2.05, 4.69) is 20.3 Å². The first-order valence-electron chi connectivity index (χ1n) is 11.1. The van der Waals surface area contributed by atoms with Crippen molar-refractivity contribution in [2.45, 2.75) is 18.9 Å². The minimum absolute atomic E-state index is 0.0323. The van der Waals surface area contributed by atoms with Crippen molar-refractivity contribution in [3.8, 4) is 5.82 Å². The van der Waals surface area contributed by atoms with Crippen molar-refractivity contribution in [1.82, 2.24) is 34.1 Å². The largest absolute Gasteiger partial charge is 0.434 e. The molecule has 1 fully saturated rings. The summed E-state index contributed by atoms with van der Waals surface area (Å²) in [6.45, 7) is 1.14. The Morgan fingerprint density at radius 2 is 1.74 bits per heavy atom. The van der Waals surface area contributed by atoms with E-state index >= 15 is 0 Å². The van der Waals surface area contributed by atoms with Gasteiger partial charge in [-0.25, -0.2) is 19.7 Å². The molecule has 10 nitrogen and oxygen atoms in total. The van der Waals surface area contributed by atoms with Crippen LogP contribution in [0.5, 0.6) is 0 Å². The number of anilines is 1. The highest BCUT2D eigenvalue weighted by Crippen LogP contribution is 2.19. The van der Waals surface area contributed by atoms with E-state index in [1.807, 2.05) is 53.1 Å². The van der Waals surface area contributed by atoms with Gasteiger partial charge in [0.1, 0.15) is 24.0 Å². The third kappa shape index (κ3) is 3.79. The first-order chi connectivity index (χ1) is 16.7. The number of hydrogen-bond donors (Lipinski definition) is 1. The van der Waals surface area contributed by atoms with Crippen molar-refractivity contribution >= 4 is 34.0 Å². The number of benzene rings is 2. The van der Waals surface area contributed by atoms with E-state index in [0.717, 1.165) is 34.9 Å². The van der Waals surface area contributed by atoms with E-state index in [1.165, 1.54) is 11.1 Å². The molecule has 5 aromatic rings. The summed E-state index contributed by atoms with van der Waals surface area (Å²) in [4.78, 5) is 37.9. The Balaban J connectivity index is 1.15. The van der Waals surface area contributed by atoms with Crippen LogP contribution >= 0.6 is 0 Å². The molecule has 170 valence electrons. The van der Waals surface area contributed by atoms with Crippen molar-refractivity contribution in [2.24, 2.45) is 0 Å². The summed E-state index contributed by atoms with van der Waals surface area (Å²) >= 11 is 0. The van der Waals surface area contributed by atoms with E-state index < -0.39 is 6.09 Å². The number of fused-ring (bicyclic) bond motifs is 2. The molecule has 0 saturated carbocycles. The van der Waals surface area contributed by atoms with E-state index in [1.54, 1.807) is 23.6 Å². The van der Waals surface area contributed by atoms with Crippen molar-refractivity contribution < 1.29 is 9.63 Å². The second kappa shape index (κ2) is 8.47. The molecule has 10 heteroatoms. The van der Waals surface area contributed by atoms with Gasteiger partial charge >= 0.3 is 6.09 Å². The molecule has 1 amide bonds. The van der Waals surface area contributed by atoms with Crippen LogP contribution in [0.3, 0.4) is 0 Å².